The van der Waals surface area contributed by atoms with E-state index in [4.69, 9.17) is 9.47 Å². The van der Waals surface area contributed by atoms with Gasteiger partial charge >= 0.3 is 0 Å². The predicted octanol–water partition coefficient (Wildman–Crippen LogP) is 4.33. The second-order valence-corrected chi connectivity index (χ2v) is 4.95. The smallest absolute Gasteiger partial charge is 0.165 e. The van der Waals surface area contributed by atoms with E-state index in [1.54, 1.807) is 13.2 Å². The third kappa shape index (κ3) is 3.07. The molecule has 0 amide bonds. The molecule has 0 spiro atoms. The van der Waals surface area contributed by atoms with Crippen LogP contribution in [0.25, 0.3) is 0 Å². The average Bonchev–Trinajstić information content (AvgIpc) is 2.46. The van der Waals surface area contributed by atoms with Crippen LogP contribution in [0.1, 0.15) is 16.0 Å². The van der Waals surface area contributed by atoms with Crippen molar-refractivity contribution in [2.45, 2.75) is 4.83 Å². The molecule has 100 valence electrons. The van der Waals surface area contributed by atoms with Crippen LogP contribution >= 0.6 is 15.9 Å². The molecule has 0 aromatic heterocycles. The molecule has 0 bridgehead atoms. The summed E-state index contributed by atoms with van der Waals surface area (Å²) >= 11 is 3.58. The van der Waals surface area contributed by atoms with Crippen molar-refractivity contribution in [2.75, 3.05) is 14.2 Å². The molecule has 0 aliphatic heterocycles. The first-order valence-corrected chi connectivity index (χ1v) is 6.68. The van der Waals surface area contributed by atoms with Crippen molar-refractivity contribution in [1.29, 1.82) is 0 Å². The van der Waals surface area contributed by atoms with Gasteiger partial charge < -0.3 is 9.47 Å². The van der Waals surface area contributed by atoms with E-state index < -0.39 is 0 Å². The number of hydrogen-bond donors (Lipinski definition) is 0. The van der Waals surface area contributed by atoms with E-state index >= 15 is 0 Å². The third-order valence-corrected chi connectivity index (χ3v) is 3.91. The van der Waals surface area contributed by atoms with Crippen LogP contribution < -0.4 is 9.47 Å². The number of hydrogen-bond acceptors (Lipinski definition) is 2. The molecule has 0 saturated carbocycles. The molecule has 2 nitrogen and oxygen atoms in total. The highest BCUT2D eigenvalue weighted by Crippen LogP contribution is 2.34. The van der Waals surface area contributed by atoms with Gasteiger partial charge in [-0.2, -0.15) is 0 Å². The lowest BCUT2D eigenvalue weighted by Crippen LogP contribution is -1.96. The van der Waals surface area contributed by atoms with E-state index in [9.17, 15) is 4.39 Å². The summed E-state index contributed by atoms with van der Waals surface area (Å²) in [5.74, 6) is 0.650. The van der Waals surface area contributed by atoms with Gasteiger partial charge in [-0.15, -0.1) is 0 Å². The monoisotopic (exact) mass is 324 g/mol. The van der Waals surface area contributed by atoms with Gasteiger partial charge in [-0.05, 0) is 35.4 Å². The van der Waals surface area contributed by atoms with Gasteiger partial charge in [0.05, 0.1) is 19.0 Å². The summed E-state index contributed by atoms with van der Waals surface area (Å²) in [4.78, 5) is -0.0944. The molecule has 1 atom stereocenters. The Kier molecular flexibility index (Phi) is 4.43. The van der Waals surface area contributed by atoms with Gasteiger partial charge in [-0.1, -0.05) is 34.1 Å². The molecule has 2 rings (SSSR count). The predicted molar refractivity (Wildman–Crippen MR) is 76.7 cm³/mol. The summed E-state index contributed by atoms with van der Waals surface area (Å²) in [5.41, 5.74) is 1.83. The largest absolute Gasteiger partial charge is 0.497 e. The van der Waals surface area contributed by atoms with Crippen molar-refractivity contribution in [1.82, 2.24) is 0 Å². The van der Waals surface area contributed by atoms with Crippen LogP contribution in [-0.2, 0) is 0 Å². The maximum atomic E-state index is 13.7. The lowest BCUT2D eigenvalue weighted by Gasteiger charge is -2.13. The van der Waals surface area contributed by atoms with E-state index in [-0.39, 0.29) is 16.4 Å². The summed E-state index contributed by atoms with van der Waals surface area (Å²) in [7, 11) is 3.07. The van der Waals surface area contributed by atoms with Crippen molar-refractivity contribution in [2.24, 2.45) is 0 Å². The number of alkyl halides is 1. The fraction of sp³-hybridized carbons (Fsp3) is 0.200. The number of ether oxygens (including phenoxy) is 2. The van der Waals surface area contributed by atoms with Gasteiger partial charge in [0.25, 0.3) is 0 Å². The second-order valence-electron chi connectivity index (χ2n) is 4.03. The molecule has 0 radical (unpaired) electrons. The van der Waals surface area contributed by atoms with E-state index in [1.807, 2.05) is 30.3 Å². The number of methoxy groups -OCH3 is 2. The van der Waals surface area contributed by atoms with Crippen LogP contribution in [0.5, 0.6) is 11.5 Å². The minimum Gasteiger partial charge on any atom is -0.497 e. The van der Waals surface area contributed by atoms with Gasteiger partial charge in [-0.3, -0.25) is 0 Å². The van der Waals surface area contributed by atoms with Crippen molar-refractivity contribution >= 4 is 15.9 Å². The Hall–Kier alpha value is -1.55. The Morgan fingerprint density at radius 3 is 2.37 bits per heavy atom. The summed E-state index contributed by atoms with van der Waals surface area (Å²) in [6.45, 7) is 0. The Morgan fingerprint density at radius 1 is 1.00 bits per heavy atom. The lowest BCUT2D eigenvalue weighted by atomic mass is 10.0. The first kappa shape index (κ1) is 13.9. The first-order valence-electron chi connectivity index (χ1n) is 5.77. The average molecular weight is 325 g/mol. The first-order chi connectivity index (χ1) is 9.15. The van der Waals surface area contributed by atoms with Crippen LogP contribution in [0.3, 0.4) is 0 Å². The minimum absolute atomic E-state index is 0.0944. The Bertz CT molecular complexity index is 572. The SMILES string of the molecule is COc1cccc(C(Br)c2ccc(OC)c(F)c2)c1. The van der Waals surface area contributed by atoms with Crippen molar-refractivity contribution in [3.63, 3.8) is 0 Å². The molecular weight excluding hydrogens is 311 g/mol. The molecule has 2 aromatic carbocycles. The molecule has 4 heteroatoms. The highest BCUT2D eigenvalue weighted by atomic mass is 79.9. The molecule has 0 aliphatic carbocycles. The fourth-order valence-electron chi connectivity index (χ4n) is 1.83. The Balaban J connectivity index is 2.32. The lowest BCUT2D eigenvalue weighted by molar-refractivity contribution is 0.386. The molecular formula is C15H14BrFO2. The second kappa shape index (κ2) is 6.06. The van der Waals surface area contributed by atoms with Gasteiger partial charge in [0.15, 0.2) is 11.6 Å². The highest BCUT2D eigenvalue weighted by molar-refractivity contribution is 9.09. The number of halogens is 2. The fourth-order valence-corrected chi connectivity index (χ4v) is 2.40. The van der Waals surface area contributed by atoms with Gasteiger partial charge in [0, 0.05) is 0 Å². The summed E-state index contributed by atoms with van der Waals surface area (Å²) in [5, 5.41) is 0. The summed E-state index contributed by atoms with van der Waals surface area (Å²) in [6, 6.07) is 12.6. The zero-order valence-electron chi connectivity index (χ0n) is 10.7. The van der Waals surface area contributed by atoms with Gasteiger partial charge in [0.2, 0.25) is 0 Å². The zero-order valence-corrected chi connectivity index (χ0v) is 12.3. The molecule has 2 aromatic rings. The van der Waals surface area contributed by atoms with Crippen molar-refractivity contribution in [3.05, 3.63) is 59.4 Å². The Morgan fingerprint density at radius 2 is 1.74 bits per heavy atom. The molecule has 19 heavy (non-hydrogen) atoms. The minimum atomic E-state index is -0.368. The van der Waals surface area contributed by atoms with E-state index in [2.05, 4.69) is 15.9 Å². The van der Waals surface area contributed by atoms with E-state index in [1.165, 1.54) is 13.2 Å². The van der Waals surface area contributed by atoms with Crippen LogP contribution in [0.15, 0.2) is 42.5 Å². The molecule has 0 heterocycles. The number of benzene rings is 2. The van der Waals surface area contributed by atoms with Gasteiger partial charge in [-0.25, -0.2) is 4.39 Å². The highest BCUT2D eigenvalue weighted by Gasteiger charge is 2.13. The number of rotatable bonds is 4. The standard InChI is InChI=1S/C15H14BrFO2/c1-18-12-5-3-4-10(8-12)15(16)11-6-7-14(19-2)13(17)9-11/h3-9,15H,1-2H3. The maximum absolute atomic E-state index is 13.7. The maximum Gasteiger partial charge on any atom is 0.165 e. The molecule has 1 unspecified atom stereocenters. The molecule has 0 aliphatic rings. The van der Waals surface area contributed by atoms with E-state index in [0.717, 1.165) is 16.9 Å². The summed E-state index contributed by atoms with van der Waals surface area (Å²) < 4.78 is 23.8. The molecule has 0 fully saturated rings. The Labute approximate surface area is 120 Å². The quantitative estimate of drug-likeness (QED) is 0.779. The topological polar surface area (TPSA) is 18.5 Å². The normalized spacial score (nSPS) is 12.0. The van der Waals surface area contributed by atoms with Crippen LogP contribution in [0, 0.1) is 5.82 Å². The molecule has 0 saturated heterocycles. The summed E-state index contributed by atoms with van der Waals surface area (Å²) in [6.07, 6.45) is 0. The van der Waals surface area contributed by atoms with Crippen molar-refractivity contribution in [3.8, 4) is 11.5 Å². The van der Waals surface area contributed by atoms with Crippen LogP contribution in [0.2, 0.25) is 0 Å². The third-order valence-electron chi connectivity index (χ3n) is 2.85. The van der Waals surface area contributed by atoms with Crippen LogP contribution in [0.4, 0.5) is 4.39 Å². The van der Waals surface area contributed by atoms with E-state index in [0.29, 0.717) is 0 Å². The van der Waals surface area contributed by atoms with Gasteiger partial charge in [0.1, 0.15) is 5.75 Å². The molecule has 0 N–H and O–H groups in total. The van der Waals surface area contributed by atoms with Crippen LogP contribution in [-0.4, -0.2) is 14.2 Å². The van der Waals surface area contributed by atoms with Crippen molar-refractivity contribution < 1.29 is 13.9 Å². The zero-order chi connectivity index (χ0) is 13.8.